The van der Waals surface area contributed by atoms with Crippen LogP contribution in [-0.4, -0.2) is 30.3 Å². The Morgan fingerprint density at radius 1 is 1.29 bits per heavy atom. The maximum atomic E-state index is 12.1. The minimum absolute atomic E-state index is 0.111. The second-order valence-electron chi connectivity index (χ2n) is 5.36. The van der Waals surface area contributed by atoms with Gasteiger partial charge < -0.3 is 0 Å². The number of likely N-dealkylation sites (tertiary alicyclic amines) is 1. The molecule has 2 rings (SSSR count). The monoisotopic (exact) mass is 231 g/mol. The number of carbonyl (C=O) groups is 1. The third-order valence-electron chi connectivity index (χ3n) is 3.72. The minimum atomic E-state index is 0.111. The van der Waals surface area contributed by atoms with Gasteiger partial charge in [0.05, 0.1) is 6.04 Å². The first-order chi connectivity index (χ1) is 8.09. The van der Waals surface area contributed by atoms with Gasteiger partial charge in [-0.25, -0.2) is 0 Å². The minimum Gasteiger partial charge on any atom is -0.298 e. The Hall–Kier alpha value is -1.15. The smallest absolute Gasteiger partial charge is 0.152 e. The SMILES string of the molecule is CC(C)C(=O)[C@@H]1CC(c2ccccc2)CN1C. The van der Waals surface area contributed by atoms with Crippen LogP contribution in [0.3, 0.4) is 0 Å². The van der Waals surface area contributed by atoms with Crippen LogP contribution in [0.5, 0.6) is 0 Å². The van der Waals surface area contributed by atoms with Crippen molar-refractivity contribution in [3.05, 3.63) is 35.9 Å². The number of hydrogen-bond donors (Lipinski definition) is 0. The number of rotatable bonds is 3. The molecule has 2 atom stereocenters. The summed E-state index contributed by atoms with van der Waals surface area (Å²) >= 11 is 0. The van der Waals surface area contributed by atoms with E-state index in [1.807, 2.05) is 19.9 Å². The van der Waals surface area contributed by atoms with Crippen molar-refractivity contribution < 1.29 is 4.79 Å². The normalized spacial score (nSPS) is 25.4. The zero-order chi connectivity index (χ0) is 12.4. The maximum absolute atomic E-state index is 12.1. The Labute approximate surface area is 104 Å². The van der Waals surface area contributed by atoms with Gasteiger partial charge in [0.25, 0.3) is 0 Å². The zero-order valence-electron chi connectivity index (χ0n) is 10.9. The number of ketones is 1. The van der Waals surface area contributed by atoms with E-state index in [1.165, 1.54) is 5.56 Å². The molecule has 0 aromatic heterocycles. The molecule has 1 saturated heterocycles. The predicted octanol–water partition coefficient (Wildman–Crippen LogP) is 2.70. The fourth-order valence-corrected chi connectivity index (χ4v) is 2.68. The molecule has 0 spiro atoms. The highest BCUT2D eigenvalue weighted by molar-refractivity contribution is 5.86. The highest BCUT2D eigenvalue weighted by Gasteiger charge is 2.35. The topological polar surface area (TPSA) is 20.3 Å². The van der Waals surface area contributed by atoms with Crippen molar-refractivity contribution in [2.75, 3.05) is 13.6 Å². The molecule has 2 heteroatoms. The van der Waals surface area contributed by atoms with Crippen LogP contribution in [0.2, 0.25) is 0 Å². The van der Waals surface area contributed by atoms with Crippen LogP contribution in [-0.2, 0) is 4.79 Å². The second kappa shape index (κ2) is 5.01. The predicted molar refractivity (Wildman–Crippen MR) is 70.1 cm³/mol. The standard InChI is InChI=1S/C15H21NO/c1-11(2)15(17)14-9-13(10-16(14)3)12-7-5-4-6-8-12/h4-8,11,13-14H,9-10H2,1-3H3/t13?,14-/m0/s1. The van der Waals surface area contributed by atoms with Crippen molar-refractivity contribution in [2.24, 2.45) is 5.92 Å². The molecule has 1 aliphatic heterocycles. The molecule has 0 N–H and O–H groups in total. The Morgan fingerprint density at radius 2 is 1.94 bits per heavy atom. The number of likely N-dealkylation sites (N-methyl/N-ethyl adjacent to an activating group) is 1. The number of carbonyl (C=O) groups excluding carboxylic acids is 1. The quantitative estimate of drug-likeness (QED) is 0.797. The van der Waals surface area contributed by atoms with Crippen molar-refractivity contribution in [3.63, 3.8) is 0 Å². The Morgan fingerprint density at radius 3 is 2.53 bits per heavy atom. The van der Waals surface area contributed by atoms with Gasteiger partial charge in [0, 0.05) is 12.5 Å². The summed E-state index contributed by atoms with van der Waals surface area (Å²) in [6, 6.07) is 10.6. The fourth-order valence-electron chi connectivity index (χ4n) is 2.68. The van der Waals surface area contributed by atoms with Crippen molar-refractivity contribution in [3.8, 4) is 0 Å². The molecule has 1 aromatic rings. The van der Waals surface area contributed by atoms with E-state index in [2.05, 4.69) is 36.2 Å². The maximum Gasteiger partial charge on any atom is 0.152 e. The fraction of sp³-hybridized carbons (Fsp3) is 0.533. The molecular weight excluding hydrogens is 210 g/mol. The van der Waals surface area contributed by atoms with Gasteiger partial charge in [-0.05, 0) is 24.9 Å². The lowest BCUT2D eigenvalue weighted by molar-refractivity contribution is -0.125. The summed E-state index contributed by atoms with van der Waals surface area (Å²) in [6.07, 6.45) is 0.970. The van der Waals surface area contributed by atoms with Crippen LogP contribution in [0.1, 0.15) is 31.7 Å². The van der Waals surface area contributed by atoms with Gasteiger partial charge in [-0.1, -0.05) is 44.2 Å². The lowest BCUT2D eigenvalue weighted by atomic mass is 9.92. The van der Waals surface area contributed by atoms with Gasteiger partial charge in [-0.2, -0.15) is 0 Å². The molecule has 92 valence electrons. The van der Waals surface area contributed by atoms with Gasteiger partial charge in [0.1, 0.15) is 0 Å². The van der Waals surface area contributed by atoms with E-state index in [4.69, 9.17) is 0 Å². The van der Waals surface area contributed by atoms with Crippen LogP contribution >= 0.6 is 0 Å². The molecule has 0 amide bonds. The van der Waals surface area contributed by atoms with E-state index >= 15 is 0 Å². The Balaban J connectivity index is 2.10. The first-order valence-electron chi connectivity index (χ1n) is 6.38. The van der Waals surface area contributed by atoms with Crippen LogP contribution in [0.15, 0.2) is 30.3 Å². The lowest BCUT2D eigenvalue weighted by Gasteiger charge is -2.19. The Bertz CT molecular complexity index is 385. The molecule has 2 nitrogen and oxygen atoms in total. The Kier molecular flexibility index (Phi) is 3.63. The second-order valence-corrected chi connectivity index (χ2v) is 5.36. The van der Waals surface area contributed by atoms with Crippen LogP contribution in [0.25, 0.3) is 0 Å². The largest absolute Gasteiger partial charge is 0.298 e. The lowest BCUT2D eigenvalue weighted by Crippen LogP contribution is -2.35. The third kappa shape index (κ3) is 2.58. The molecule has 1 aromatic carbocycles. The van der Waals surface area contributed by atoms with Crippen LogP contribution in [0.4, 0.5) is 0 Å². The van der Waals surface area contributed by atoms with Crippen LogP contribution in [0, 0.1) is 5.92 Å². The van der Waals surface area contributed by atoms with E-state index in [0.717, 1.165) is 13.0 Å². The summed E-state index contributed by atoms with van der Waals surface area (Å²) in [7, 11) is 2.06. The molecule has 0 saturated carbocycles. The van der Waals surface area contributed by atoms with Crippen molar-refractivity contribution in [1.29, 1.82) is 0 Å². The van der Waals surface area contributed by atoms with Crippen LogP contribution < -0.4 is 0 Å². The van der Waals surface area contributed by atoms with Gasteiger partial charge >= 0.3 is 0 Å². The highest BCUT2D eigenvalue weighted by atomic mass is 16.1. The van der Waals surface area contributed by atoms with E-state index in [9.17, 15) is 4.79 Å². The molecule has 17 heavy (non-hydrogen) atoms. The summed E-state index contributed by atoms with van der Waals surface area (Å²) in [6.45, 7) is 4.98. The molecule has 1 fully saturated rings. The average molecular weight is 231 g/mol. The van der Waals surface area contributed by atoms with Gasteiger partial charge in [0.2, 0.25) is 0 Å². The van der Waals surface area contributed by atoms with Crippen molar-refractivity contribution in [1.82, 2.24) is 4.90 Å². The van der Waals surface area contributed by atoms with E-state index < -0.39 is 0 Å². The summed E-state index contributed by atoms with van der Waals surface area (Å²) in [4.78, 5) is 14.3. The molecule has 0 radical (unpaired) electrons. The molecule has 1 unspecified atom stereocenters. The van der Waals surface area contributed by atoms with E-state index in [1.54, 1.807) is 0 Å². The molecule has 1 heterocycles. The van der Waals surface area contributed by atoms with Crippen molar-refractivity contribution >= 4 is 5.78 Å². The first kappa shape index (κ1) is 12.3. The molecule has 0 bridgehead atoms. The van der Waals surface area contributed by atoms with E-state index in [0.29, 0.717) is 11.7 Å². The summed E-state index contributed by atoms with van der Waals surface area (Å²) in [5.41, 5.74) is 1.36. The molecule has 0 aliphatic carbocycles. The highest BCUT2D eigenvalue weighted by Crippen LogP contribution is 2.31. The van der Waals surface area contributed by atoms with Gasteiger partial charge in [-0.3, -0.25) is 9.69 Å². The summed E-state index contributed by atoms with van der Waals surface area (Å²) < 4.78 is 0. The summed E-state index contributed by atoms with van der Waals surface area (Å²) in [5, 5.41) is 0. The summed E-state index contributed by atoms with van der Waals surface area (Å²) in [5.74, 6) is 1.02. The average Bonchev–Trinajstić information content (AvgIpc) is 2.71. The number of Topliss-reactive ketones (excluding diaryl/α,β-unsaturated/α-hetero) is 1. The molecular formula is C15H21NO. The molecule has 1 aliphatic rings. The van der Waals surface area contributed by atoms with E-state index in [-0.39, 0.29) is 12.0 Å². The third-order valence-corrected chi connectivity index (χ3v) is 3.72. The number of benzene rings is 1. The zero-order valence-corrected chi connectivity index (χ0v) is 10.9. The first-order valence-corrected chi connectivity index (χ1v) is 6.38. The van der Waals surface area contributed by atoms with Crippen molar-refractivity contribution in [2.45, 2.75) is 32.2 Å². The number of hydrogen-bond acceptors (Lipinski definition) is 2. The van der Waals surface area contributed by atoms with Gasteiger partial charge in [-0.15, -0.1) is 0 Å². The van der Waals surface area contributed by atoms with Gasteiger partial charge in [0.15, 0.2) is 5.78 Å². The number of nitrogens with zero attached hydrogens (tertiary/aromatic N) is 1.